The number of rotatable bonds is 4. The summed E-state index contributed by atoms with van der Waals surface area (Å²) in [5.41, 5.74) is 10.4. The zero-order valence-corrected chi connectivity index (χ0v) is 23.9. The Morgan fingerprint density at radius 3 is 1.25 bits per heavy atom. The molecule has 9 rings (SSSR count). The number of hydrogen-bond acceptors (Lipinski definition) is 0. The molecule has 0 saturated carbocycles. The van der Waals surface area contributed by atoms with Gasteiger partial charge in [-0.05, 0) is 64.7 Å². The van der Waals surface area contributed by atoms with E-state index < -0.39 is 0 Å². The summed E-state index contributed by atoms with van der Waals surface area (Å²) >= 11 is 0. The molecule has 0 fully saturated rings. The van der Waals surface area contributed by atoms with Crippen LogP contribution < -0.4 is 0 Å². The molecule has 2 heterocycles. The first-order valence-electron chi connectivity index (χ1n) is 16.0. The summed E-state index contributed by atoms with van der Waals surface area (Å²) in [6.07, 6.45) is 0. The van der Waals surface area contributed by atoms with Crippen LogP contribution in [0.5, 0.6) is 0 Å². The molecule has 0 aliphatic rings. The lowest BCUT2D eigenvalue weighted by molar-refractivity contribution is 1.15. The molecular formula is C42H28N2. The third-order valence-electron chi connectivity index (χ3n) is 8.69. The fourth-order valence-corrected chi connectivity index (χ4v) is 6.75. The number of fused-ring (bicyclic) bond motifs is 7. The average molecular weight is 563 g/mol. The molecule has 2 nitrogen and oxygen atoms in total. The Morgan fingerprint density at radius 2 is 0.750 bits per heavy atom. The first kappa shape index (κ1) is 22.7. The summed E-state index contributed by atoms with van der Waals surface area (Å²) in [6.45, 7) is 0. The van der Waals surface area contributed by atoms with Crippen molar-refractivity contribution in [2.24, 2.45) is 0 Å². The Hall–Kier alpha value is -5.86. The number of aromatic nitrogens is 2. The van der Waals surface area contributed by atoms with Crippen LogP contribution in [0.4, 0.5) is 0 Å². The molecule has 0 aliphatic heterocycles. The lowest BCUT2D eigenvalue weighted by atomic mass is 9.98. The van der Waals surface area contributed by atoms with Crippen LogP contribution in [0.1, 0.15) is 2.74 Å². The minimum atomic E-state index is 0.246. The van der Waals surface area contributed by atoms with Gasteiger partial charge in [-0.1, -0.05) is 127 Å². The van der Waals surface area contributed by atoms with E-state index in [-0.39, 0.29) is 12.1 Å². The predicted octanol–water partition coefficient (Wildman–Crippen LogP) is 11.2. The van der Waals surface area contributed by atoms with Crippen LogP contribution >= 0.6 is 0 Å². The maximum Gasteiger partial charge on any atom is 0.0788 e. The van der Waals surface area contributed by atoms with Crippen molar-refractivity contribution in [2.45, 2.75) is 0 Å². The molecule has 0 saturated heterocycles. The highest BCUT2D eigenvalue weighted by Gasteiger charge is 2.21. The Labute approximate surface area is 258 Å². The van der Waals surface area contributed by atoms with Crippen molar-refractivity contribution < 1.29 is 2.74 Å². The summed E-state index contributed by atoms with van der Waals surface area (Å²) in [4.78, 5) is 0. The van der Waals surface area contributed by atoms with Gasteiger partial charge in [0.1, 0.15) is 0 Å². The summed E-state index contributed by atoms with van der Waals surface area (Å²) in [7, 11) is 0. The highest BCUT2D eigenvalue weighted by Crippen LogP contribution is 2.42. The van der Waals surface area contributed by atoms with Crippen molar-refractivity contribution in [3.8, 4) is 33.6 Å². The monoisotopic (exact) mass is 562 g/mol. The van der Waals surface area contributed by atoms with Gasteiger partial charge in [-0.3, -0.25) is 0 Å². The van der Waals surface area contributed by atoms with Gasteiger partial charge in [-0.25, -0.2) is 0 Å². The molecule has 9 aromatic rings. The van der Waals surface area contributed by atoms with E-state index in [1.54, 1.807) is 0 Å². The van der Waals surface area contributed by atoms with Crippen molar-refractivity contribution in [2.75, 3.05) is 0 Å². The van der Waals surface area contributed by atoms with Gasteiger partial charge in [-0.2, -0.15) is 0 Å². The standard InChI is InChI=1S/C42H28N2/c1-4-14-29(15-5-1)31-26-32(30-16-6-2-7-17-30)28-34(27-31)44-40-23-13-11-21-36(40)38-25-24-37-35-20-10-12-22-39(35)43(41(37)42(38)44)33-18-8-3-9-19-33/h1-28H/i24D,25D. The van der Waals surface area contributed by atoms with Crippen LogP contribution in [-0.4, -0.2) is 9.13 Å². The lowest BCUT2D eigenvalue weighted by Crippen LogP contribution is -1.99. The number of para-hydroxylation sites is 3. The maximum atomic E-state index is 9.46. The van der Waals surface area contributed by atoms with Crippen molar-refractivity contribution in [3.63, 3.8) is 0 Å². The molecule has 0 spiro atoms. The van der Waals surface area contributed by atoms with E-state index in [4.69, 9.17) is 0 Å². The summed E-state index contributed by atoms with van der Waals surface area (Å²) in [6, 6.07) is 55.2. The fraction of sp³-hybridized carbons (Fsp3) is 0. The van der Waals surface area contributed by atoms with E-state index in [0.717, 1.165) is 77.2 Å². The zero-order chi connectivity index (χ0) is 30.8. The van der Waals surface area contributed by atoms with Crippen LogP contribution in [0.2, 0.25) is 0 Å². The molecule has 206 valence electrons. The van der Waals surface area contributed by atoms with Crippen LogP contribution in [0.3, 0.4) is 0 Å². The molecule has 0 unspecified atom stereocenters. The van der Waals surface area contributed by atoms with Crippen molar-refractivity contribution in [1.29, 1.82) is 0 Å². The molecule has 44 heavy (non-hydrogen) atoms. The molecule has 0 bridgehead atoms. The van der Waals surface area contributed by atoms with E-state index in [9.17, 15) is 2.74 Å². The highest BCUT2D eigenvalue weighted by atomic mass is 15.0. The van der Waals surface area contributed by atoms with Gasteiger partial charge in [0.15, 0.2) is 0 Å². The van der Waals surface area contributed by atoms with Crippen LogP contribution in [0.25, 0.3) is 77.2 Å². The first-order valence-corrected chi connectivity index (χ1v) is 15.0. The molecule has 0 N–H and O–H groups in total. The number of nitrogens with zero attached hydrogens (tertiary/aromatic N) is 2. The van der Waals surface area contributed by atoms with Gasteiger partial charge >= 0.3 is 0 Å². The average Bonchev–Trinajstić information content (AvgIpc) is 3.65. The summed E-state index contributed by atoms with van der Waals surface area (Å²) in [5, 5.41) is 3.53. The topological polar surface area (TPSA) is 9.86 Å². The predicted molar refractivity (Wildman–Crippen MR) is 186 cm³/mol. The molecule has 2 aromatic heterocycles. The van der Waals surface area contributed by atoms with Crippen LogP contribution in [-0.2, 0) is 0 Å². The number of hydrogen-bond donors (Lipinski definition) is 0. The van der Waals surface area contributed by atoms with E-state index in [1.165, 1.54) is 0 Å². The smallest absolute Gasteiger partial charge is 0.0788 e. The SMILES string of the molecule is [2H]c1c([2H])c2c3ccccc3n(-c3cc(-c4ccccc4)cc(-c4ccccc4)c3)c2c2c1c1ccccc1n2-c1ccccc1. The Kier molecular flexibility index (Phi) is 5.09. The largest absolute Gasteiger partial charge is 0.307 e. The summed E-state index contributed by atoms with van der Waals surface area (Å²) in [5.74, 6) is 0. The van der Waals surface area contributed by atoms with E-state index in [1.807, 2.05) is 36.4 Å². The second-order valence-corrected chi connectivity index (χ2v) is 11.2. The van der Waals surface area contributed by atoms with Gasteiger partial charge in [0.2, 0.25) is 0 Å². The zero-order valence-electron chi connectivity index (χ0n) is 25.9. The first-order chi connectivity index (χ1) is 22.7. The molecule has 0 amide bonds. The van der Waals surface area contributed by atoms with Gasteiger partial charge in [0.05, 0.1) is 24.8 Å². The molecule has 7 aromatic carbocycles. The second kappa shape index (κ2) is 9.86. The highest BCUT2D eigenvalue weighted by molar-refractivity contribution is 6.23. The third kappa shape index (κ3) is 3.75. The molecule has 0 aliphatic carbocycles. The van der Waals surface area contributed by atoms with Crippen LogP contribution in [0, 0.1) is 0 Å². The van der Waals surface area contributed by atoms with Gasteiger partial charge in [-0.15, -0.1) is 0 Å². The normalized spacial score (nSPS) is 12.3. The van der Waals surface area contributed by atoms with Gasteiger partial charge in [0.25, 0.3) is 0 Å². The Morgan fingerprint density at radius 1 is 0.341 bits per heavy atom. The van der Waals surface area contributed by atoms with Gasteiger partial charge in [0, 0.05) is 32.9 Å². The van der Waals surface area contributed by atoms with Gasteiger partial charge < -0.3 is 9.13 Å². The molecule has 0 radical (unpaired) electrons. The van der Waals surface area contributed by atoms with Crippen molar-refractivity contribution >= 4 is 43.6 Å². The third-order valence-corrected chi connectivity index (χ3v) is 8.69. The molecular weight excluding hydrogens is 532 g/mol. The number of benzene rings is 7. The van der Waals surface area contributed by atoms with E-state index >= 15 is 0 Å². The summed E-state index contributed by atoms with van der Waals surface area (Å²) < 4.78 is 23.5. The Bertz CT molecular complexity index is 2520. The molecule has 0 atom stereocenters. The minimum Gasteiger partial charge on any atom is -0.307 e. The van der Waals surface area contributed by atoms with E-state index in [0.29, 0.717) is 0 Å². The quantitative estimate of drug-likeness (QED) is 0.202. The fourth-order valence-electron chi connectivity index (χ4n) is 6.75. The second-order valence-electron chi connectivity index (χ2n) is 11.2. The van der Waals surface area contributed by atoms with Crippen molar-refractivity contribution in [3.05, 3.63) is 170 Å². The maximum absolute atomic E-state index is 9.46. The molecule has 2 heteroatoms. The van der Waals surface area contributed by atoms with Crippen molar-refractivity contribution in [1.82, 2.24) is 9.13 Å². The Balaban J connectivity index is 1.52. The minimum absolute atomic E-state index is 0.246. The lowest BCUT2D eigenvalue weighted by Gasteiger charge is -2.15. The van der Waals surface area contributed by atoms with E-state index in [2.05, 4.69) is 130 Å². The van der Waals surface area contributed by atoms with Crippen LogP contribution in [0.15, 0.2) is 170 Å².